The minimum Gasteiger partial charge on any atom is -0.312 e. The van der Waals surface area contributed by atoms with Gasteiger partial charge in [0.1, 0.15) is 0 Å². The van der Waals surface area contributed by atoms with Crippen LogP contribution in [0.5, 0.6) is 0 Å². The van der Waals surface area contributed by atoms with Crippen LogP contribution in [0, 0.1) is 11.3 Å². The number of hydrogen-bond donors (Lipinski definition) is 1. The first-order valence-corrected chi connectivity index (χ1v) is 8.73. The Morgan fingerprint density at radius 1 is 0.950 bits per heavy atom. The summed E-state index contributed by atoms with van der Waals surface area (Å²) in [6.45, 7) is 22.2. The largest absolute Gasteiger partial charge is 0.312 e. The summed E-state index contributed by atoms with van der Waals surface area (Å²) in [5.74, 6) is 0.738. The Kier molecular flexibility index (Phi) is 9.74. The Bertz CT molecular complexity index is 226. The van der Waals surface area contributed by atoms with E-state index in [9.17, 15) is 0 Å². The lowest BCUT2D eigenvalue weighted by molar-refractivity contribution is 0.115. The second-order valence-electron chi connectivity index (χ2n) is 7.69. The zero-order valence-electron chi connectivity index (χ0n) is 15.4. The third-order valence-corrected chi connectivity index (χ3v) is 4.16. The highest BCUT2D eigenvalue weighted by Crippen LogP contribution is 2.22. The molecule has 0 aliphatic rings. The minimum absolute atomic E-state index is 0.316. The lowest BCUT2D eigenvalue weighted by atomic mass is 9.85. The highest BCUT2D eigenvalue weighted by Gasteiger charge is 2.28. The Hall–Kier alpha value is -0.0800. The topological polar surface area (TPSA) is 15.3 Å². The van der Waals surface area contributed by atoms with E-state index in [-0.39, 0.29) is 0 Å². The molecule has 0 saturated heterocycles. The summed E-state index contributed by atoms with van der Waals surface area (Å²) >= 11 is 0. The molecule has 2 nitrogen and oxygen atoms in total. The Morgan fingerprint density at radius 2 is 1.50 bits per heavy atom. The van der Waals surface area contributed by atoms with E-state index >= 15 is 0 Å². The minimum atomic E-state index is 0.316. The van der Waals surface area contributed by atoms with Crippen LogP contribution in [0.1, 0.15) is 74.7 Å². The smallest absolute Gasteiger partial charge is 0.0243 e. The second kappa shape index (κ2) is 9.78. The van der Waals surface area contributed by atoms with Crippen LogP contribution in [0.4, 0.5) is 0 Å². The quantitative estimate of drug-likeness (QED) is 0.633. The lowest BCUT2D eigenvalue weighted by Gasteiger charge is -2.40. The monoisotopic (exact) mass is 284 g/mol. The maximum atomic E-state index is 3.77. The highest BCUT2D eigenvalue weighted by atomic mass is 15.2. The number of nitrogens with zero attached hydrogens (tertiary/aromatic N) is 1. The summed E-state index contributed by atoms with van der Waals surface area (Å²) in [7, 11) is 0. The van der Waals surface area contributed by atoms with Crippen molar-refractivity contribution < 1.29 is 0 Å². The number of rotatable bonds is 10. The van der Waals surface area contributed by atoms with Gasteiger partial charge in [-0.25, -0.2) is 0 Å². The second-order valence-corrected chi connectivity index (χ2v) is 7.69. The van der Waals surface area contributed by atoms with E-state index in [1.165, 1.54) is 32.4 Å². The first-order chi connectivity index (χ1) is 9.26. The van der Waals surface area contributed by atoms with Crippen molar-refractivity contribution in [2.75, 3.05) is 19.6 Å². The summed E-state index contributed by atoms with van der Waals surface area (Å²) in [6.07, 6.45) is 3.73. The van der Waals surface area contributed by atoms with E-state index in [1.54, 1.807) is 0 Å². The summed E-state index contributed by atoms with van der Waals surface area (Å²) in [5, 5.41) is 3.77. The fourth-order valence-electron chi connectivity index (χ4n) is 2.84. The molecule has 0 amide bonds. The SMILES string of the molecule is CCCNC(CN(CC(C)C)C(CC)CC)C(C)(C)C. The van der Waals surface area contributed by atoms with Gasteiger partial charge in [-0.3, -0.25) is 4.90 Å². The van der Waals surface area contributed by atoms with Crippen molar-refractivity contribution in [3.8, 4) is 0 Å². The van der Waals surface area contributed by atoms with Crippen LogP contribution in [0.3, 0.4) is 0 Å². The Balaban J connectivity index is 4.86. The molecule has 122 valence electrons. The van der Waals surface area contributed by atoms with Crippen molar-refractivity contribution in [3.63, 3.8) is 0 Å². The van der Waals surface area contributed by atoms with Gasteiger partial charge in [0.15, 0.2) is 0 Å². The number of hydrogen-bond acceptors (Lipinski definition) is 2. The van der Waals surface area contributed by atoms with E-state index in [0.29, 0.717) is 11.5 Å². The molecule has 0 heterocycles. The van der Waals surface area contributed by atoms with Crippen LogP contribution in [0.25, 0.3) is 0 Å². The van der Waals surface area contributed by atoms with Crippen LogP contribution in [-0.4, -0.2) is 36.6 Å². The van der Waals surface area contributed by atoms with Gasteiger partial charge in [-0.15, -0.1) is 0 Å². The van der Waals surface area contributed by atoms with Crippen molar-refractivity contribution in [1.82, 2.24) is 10.2 Å². The van der Waals surface area contributed by atoms with Crippen molar-refractivity contribution in [3.05, 3.63) is 0 Å². The molecular weight excluding hydrogens is 244 g/mol. The standard InChI is InChI=1S/C18H40N2/c1-9-12-19-17(18(6,7)8)14-20(13-15(4)5)16(10-2)11-3/h15-17,19H,9-14H2,1-8H3. The molecule has 1 atom stereocenters. The lowest BCUT2D eigenvalue weighted by Crippen LogP contribution is -2.52. The molecule has 0 aromatic rings. The molecule has 0 radical (unpaired) electrons. The highest BCUT2D eigenvalue weighted by molar-refractivity contribution is 4.85. The maximum Gasteiger partial charge on any atom is 0.0243 e. The fraction of sp³-hybridized carbons (Fsp3) is 1.00. The molecule has 0 fully saturated rings. The molecular formula is C18H40N2. The van der Waals surface area contributed by atoms with Crippen molar-refractivity contribution in [2.24, 2.45) is 11.3 Å². The van der Waals surface area contributed by atoms with E-state index in [1.807, 2.05) is 0 Å². The third kappa shape index (κ3) is 7.64. The third-order valence-electron chi connectivity index (χ3n) is 4.16. The van der Waals surface area contributed by atoms with Gasteiger partial charge in [-0.1, -0.05) is 55.4 Å². The summed E-state index contributed by atoms with van der Waals surface area (Å²) in [4.78, 5) is 2.73. The molecule has 0 aliphatic carbocycles. The predicted molar refractivity (Wildman–Crippen MR) is 92.3 cm³/mol. The van der Waals surface area contributed by atoms with Crippen LogP contribution in [-0.2, 0) is 0 Å². The molecule has 0 saturated carbocycles. The molecule has 20 heavy (non-hydrogen) atoms. The first-order valence-electron chi connectivity index (χ1n) is 8.73. The molecule has 0 aromatic heterocycles. The molecule has 0 aromatic carbocycles. The Labute approximate surface area is 128 Å². The van der Waals surface area contributed by atoms with Gasteiger partial charge in [-0.05, 0) is 37.1 Å². The molecule has 2 heteroatoms. The summed E-state index contributed by atoms with van der Waals surface area (Å²) in [6, 6.07) is 1.30. The first kappa shape index (κ1) is 19.9. The average Bonchev–Trinajstić information content (AvgIpc) is 2.33. The van der Waals surface area contributed by atoms with Crippen LogP contribution < -0.4 is 5.32 Å². The maximum absolute atomic E-state index is 3.77. The van der Waals surface area contributed by atoms with Gasteiger partial charge in [0.2, 0.25) is 0 Å². The number of nitrogens with one attached hydrogen (secondary N) is 1. The van der Waals surface area contributed by atoms with E-state index < -0.39 is 0 Å². The average molecular weight is 285 g/mol. The normalized spacial score (nSPS) is 14.6. The predicted octanol–water partition coefficient (Wildman–Crippen LogP) is 4.55. The molecule has 0 rings (SSSR count). The van der Waals surface area contributed by atoms with Crippen LogP contribution in [0.15, 0.2) is 0 Å². The van der Waals surface area contributed by atoms with Gasteiger partial charge in [0, 0.05) is 25.2 Å². The van der Waals surface area contributed by atoms with Gasteiger partial charge in [0.05, 0.1) is 0 Å². The van der Waals surface area contributed by atoms with Crippen molar-refractivity contribution in [1.29, 1.82) is 0 Å². The van der Waals surface area contributed by atoms with E-state index in [0.717, 1.165) is 18.5 Å². The van der Waals surface area contributed by atoms with Gasteiger partial charge in [0.25, 0.3) is 0 Å². The van der Waals surface area contributed by atoms with Gasteiger partial charge in [-0.2, -0.15) is 0 Å². The van der Waals surface area contributed by atoms with Gasteiger partial charge >= 0.3 is 0 Å². The van der Waals surface area contributed by atoms with Crippen molar-refractivity contribution >= 4 is 0 Å². The van der Waals surface area contributed by atoms with E-state index in [4.69, 9.17) is 0 Å². The zero-order valence-corrected chi connectivity index (χ0v) is 15.4. The van der Waals surface area contributed by atoms with E-state index in [2.05, 4.69) is 65.6 Å². The summed E-state index contributed by atoms with van der Waals surface area (Å²) in [5.41, 5.74) is 0.316. The molecule has 1 unspecified atom stereocenters. The van der Waals surface area contributed by atoms with Crippen LogP contribution >= 0.6 is 0 Å². The molecule has 0 aliphatic heterocycles. The zero-order chi connectivity index (χ0) is 15.8. The fourth-order valence-corrected chi connectivity index (χ4v) is 2.84. The van der Waals surface area contributed by atoms with Crippen molar-refractivity contribution in [2.45, 2.75) is 86.7 Å². The molecule has 0 bridgehead atoms. The van der Waals surface area contributed by atoms with Gasteiger partial charge < -0.3 is 5.32 Å². The molecule has 1 N–H and O–H groups in total. The summed E-state index contributed by atoms with van der Waals surface area (Å²) < 4.78 is 0. The van der Waals surface area contributed by atoms with Crippen LogP contribution in [0.2, 0.25) is 0 Å². The molecule has 0 spiro atoms. The Morgan fingerprint density at radius 3 is 1.85 bits per heavy atom.